The van der Waals surface area contributed by atoms with Gasteiger partial charge in [-0.1, -0.05) is 0 Å². The van der Waals surface area contributed by atoms with Crippen molar-refractivity contribution in [1.82, 2.24) is 30.7 Å². The number of piperazine rings is 1. The van der Waals surface area contributed by atoms with Crippen LogP contribution in [-0.4, -0.2) is 72.8 Å². The lowest BCUT2D eigenvalue weighted by molar-refractivity contribution is 0.216. The fraction of sp³-hybridized carbons (Fsp3) is 0.385. The zero-order valence-corrected chi connectivity index (χ0v) is 21.2. The molecule has 0 bridgehead atoms. The van der Waals surface area contributed by atoms with Gasteiger partial charge in [0.25, 0.3) is 0 Å². The molecule has 3 aromatic rings. The highest BCUT2D eigenvalue weighted by Crippen LogP contribution is 2.38. The fourth-order valence-corrected chi connectivity index (χ4v) is 5.50. The van der Waals surface area contributed by atoms with Crippen molar-refractivity contribution in [3.63, 3.8) is 0 Å². The number of hydrogen-bond donors (Lipinski definition) is 4. The number of carbonyl (C=O) groups is 1. The molecule has 6 rings (SSSR count). The molecule has 2 aliphatic heterocycles. The van der Waals surface area contributed by atoms with E-state index in [1.165, 1.54) is 12.1 Å². The van der Waals surface area contributed by atoms with Crippen molar-refractivity contribution in [3.05, 3.63) is 53.4 Å². The molecule has 3 aliphatic rings. The number of aromatic nitrogens is 1. The molecular weight excluding hydrogens is 493 g/mol. The average molecular weight is 524 g/mol. The van der Waals surface area contributed by atoms with Crippen molar-refractivity contribution in [2.45, 2.75) is 18.9 Å². The van der Waals surface area contributed by atoms with Gasteiger partial charge in [0.1, 0.15) is 5.75 Å². The standard InChI is InChI=1S/C26H30FN7O2S/c27-19-13-18(32-26(35)31-17-1-2-17)3-4-22(19)36-23-5-6-29-20-14-24(37-25(20)23)21-15-34(16-30-21)12-11-33-9-7-28-8-10-33/h3-6,13-15,17,28,30H,1-2,7-12,16H2,(H2,31,32,35). The summed E-state index contributed by atoms with van der Waals surface area (Å²) in [6.07, 6.45) is 5.81. The Morgan fingerprint density at radius 3 is 2.84 bits per heavy atom. The van der Waals surface area contributed by atoms with Crippen molar-refractivity contribution in [1.29, 1.82) is 0 Å². The highest BCUT2D eigenvalue weighted by atomic mass is 32.1. The second-order valence-corrected chi connectivity index (χ2v) is 10.6. The Kier molecular flexibility index (Phi) is 6.81. The van der Waals surface area contributed by atoms with Crippen LogP contribution in [0.2, 0.25) is 0 Å². The van der Waals surface area contributed by atoms with Gasteiger partial charge in [0.2, 0.25) is 0 Å². The zero-order chi connectivity index (χ0) is 25.2. The van der Waals surface area contributed by atoms with E-state index in [9.17, 15) is 9.18 Å². The fourth-order valence-electron chi connectivity index (χ4n) is 4.45. The Labute approximate surface area is 218 Å². The maximum Gasteiger partial charge on any atom is 0.319 e. The van der Waals surface area contributed by atoms with Gasteiger partial charge in [0.05, 0.1) is 27.5 Å². The molecule has 1 aromatic carbocycles. The van der Waals surface area contributed by atoms with E-state index >= 15 is 0 Å². The van der Waals surface area contributed by atoms with E-state index in [-0.39, 0.29) is 17.8 Å². The van der Waals surface area contributed by atoms with Crippen molar-refractivity contribution in [3.8, 4) is 11.5 Å². The molecule has 2 amide bonds. The van der Waals surface area contributed by atoms with Crippen LogP contribution in [0.1, 0.15) is 17.7 Å². The number of benzene rings is 1. The van der Waals surface area contributed by atoms with Crippen LogP contribution in [0.3, 0.4) is 0 Å². The molecule has 0 unspecified atom stereocenters. The molecule has 2 fully saturated rings. The van der Waals surface area contributed by atoms with Gasteiger partial charge >= 0.3 is 6.03 Å². The number of amides is 2. The minimum Gasteiger partial charge on any atom is -0.453 e. The van der Waals surface area contributed by atoms with Crippen LogP contribution in [0, 0.1) is 5.82 Å². The first-order valence-electron chi connectivity index (χ1n) is 12.7. The highest BCUT2D eigenvalue weighted by Gasteiger charge is 2.23. The SMILES string of the molecule is O=C(Nc1ccc(Oc2ccnc3cc(C4=CN(CCN5CCNCC5)CN4)sc23)c(F)c1)NC1CC1. The summed E-state index contributed by atoms with van der Waals surface area (Å²) in [6.45, 7) is 7.10. The number of ether oxygens (including phenoxy) is 1. The molecule has 0 radical (unpaired) electrons. The van der Waals surface area contributed by atoms with Crippen LogP contribution in [0.5, 0.6) is 11.5 Å². The summed E-state index contributed by atoms with van der Waals surface area (Å²) in [5.41, 5.74) is 2.23. The minimum absolute atomic E-state index is 0.0906. The second kappa shape index (κ2) is 10.5. The van der Waals surface area contributed by atoms with Crippen LogP contribution in [-0.2, 0) is 0 Å². The molecule has 4 N–H and O–H groups in total. The summed E-state index contributed by atoms with van der Waals surface area (Å²) in [5, 5.41) is 12.4. The Morgan fingerprint density at radius 2 is 2.03 bits per heavy atom. The van der Waals surface area contributed by atoms with Crippen molar-refractivity contribution in [2.24, 2.45) is 0 Å². The van der Waals surface area contributed by atoms with E-state index in [1.54, 1.807) is 29.7 Å². The normalized spacial score (nSPS) is 18.0. The summed E-state index contributed by atoms with van der Waals surface area (Å²) in [5.74, 6) is 0.0839. The number of pyridine rings is 1. The Balaban J connectivity index is 1.13. The first kappa shape index (κ1) is 24.0. The summed E-state index contributed by atoms with van der Waals surface area (Å²) in [7, 11) is 0. The lowest BCUT2D eigenvalue weighted by Crippen LogP contribution is -2.45. The number of rotatable bonds is 8. The van der Waals surface area contributed by atoms with Crippen molar-refractivity contribution < 1.29 is 13.9 Å². The second-order valence-electron chi connectivity index (χ2n) is 9.54. The first-order valence-corrected chi connectivity index (χ1v) is 13.5. The molecule has 11 heteroatoms. The van der Waals surface area contributed by atoms with Gasteiger partial charge in [-0.2, -0.15) is 0 Å². The molecule has 194 valence electrons. The Hall–Kier alpha value is -3.41. The summed E-state index contributed by atoms with van der Waals surface area (Å²) >= 11 is 1.57. The van der Waals surface area contributed by atoms with E-state index in [0.717, 1.165) is 79.6 Å². The number of anilines is 1. The first-order chi connectivity index (χ1) is 18.1. The smallest absolute Gasteiger partial charge is 0.319 e. The molecule has 37 heavy (non-hydrogen) atoms. The van der Waals surface area contributed by atoms with Crippen molar-refractivity contribution >= 4 is 39.0 Å². The number of thiophene rings is 1. The monoisotopic (exact) mass is 523 g/mol. The maximum absolute atomic E-state index is 14.8. The maximum atomic E-state index is 14.8. The third-order valence-corrected chi connectivity index (χ3v) is 7.83. The Morgan fingerprint density at radius 1 is 1.16 bits per heavy atom. The summed E-state index contributed by atoms with van der Waals surface area (Å²) < 4.78 is 21.6. The van der Waals surface area contributed by atoms with E-state index in [1.807, 2.05) is 6.07 Å². The van der Waals surface area contributed by atoms with Crippen LogP contribution in [0.15, 0.2) is 42.7 Å². The number of fused-ring (bicyclic) bond motifs is 1. The van der Waals surface area contributed by atoms with Gasteiger partial charge in [-0.25, -0.2) is 9.18 Å². The number of nitrogens with zero attached hydrogens (tertiary/aromatic N) is 3. The van der Waals surface area contributed by atoms with E-state index in [4.69, 9.17) is 4.74 Å². The Bertz CT molecular complexity index is 1320. The molecule has 0 atom stereocenters. The quantitative estimate of drug-likeness (QED) is 0.359. The van der Waals surface area contributed by atoms with Crippen LogP contribution >= 0.6 is 11.3 Å². The number of hydrogen-bond acceptors (Lipinski definition) is 8. The highest BCUT2D eigenvalue weighted by molar-refractivity contribution is 7.20. The van der Waals surface area contributed by atoms with Gasteiger partial charge in [-0.05, 0) is 31.0 Å². The lowest BCUT2D eigenvalue weighted by Gasteiger charge is -2.28. The van der Waals surface area contributed by atoms with Crippen molar-refractivity contribution in [2.75, 3.05) is 51.3 Å². The topological polar surface area (TPSA) is 93.8 Å². The van der Waals surface area contributed by atoms with Crippen LogP contribution in [0.25, 0.3) is 15.9 Å². The summed E-state index contributed by atoms with van der Waals surface area (Å²) in [6, 6.07) is 8.11. The minimum atomic E-state index is -0.550. The number of halogens is 1. The third kappa shape index (κ3) is 5.79. The van der Waals surface area contributed by atoms with Gasteiger partial charge < -0.3 is 30.9 Å². The molecule has 4 heterocycles. The van der Waals surface area contributed by atoms with E-state index in [0.29, 0.717) is 11.4 Å². The molecule has 0 spiro atoms. The number of urea groups is 1. The predicted molar refractivity (Wildman–Crippen MR) is 143 cm³/mol. The van der Waals surface area contributed by atoms with Gasteiger partial charge in [-0.3, -0.25) is 9.88 Å². The van der Waals surface area contributed by atoms with Gasteiger partial charge in [-0.15, -0.1) is 11.3 Å². The van der Waals surface area contributed by atoms with Gasteiger partial charge in [0, 0.05) is 75.5 Å². The van der Waals surface area contributed by atoms with Gasteiger partial charge in [0.15, 0.2) is 11.6 Å². The average Bonchev–Trinajstić information content (AvgIpc) is 3.39. The number of carbonyl (C=O) groups excluding carboxylic acids is 1. The predicted octanol–water partition coefficient (Wildman–Crippen LogP) is 3.58. The van der Waals surface area contributed by atoms with E-state index in [2.05, 4.69) is 42.3 Å². The molecule has 1 saturated carbocycles. The lowest BCUT2D eigenvalue weighted by atomic mass is 10.3. The van der Waals surface area contributed by atoms with E-state index < -0.39 is 5.82 Å². The number of nitrogens with one attached hydrogen (secondary N) is 4. The largest absolute Gasteiger partial charge is 0.453 e. The molecule has 1 saturated heterocycles. The zero-order valence-electron chi connectivity index (χ0n) is 20.4. The van der Waals surface area contributed by atoms with Crippen LogP contribution in [0.4, 0.5) is 14.9 Å². The van der Waals surface area contributed by atoms with Crippen LogP contribution < -0.4 is 26.0 Å². The molecule has 1 aliphatic carbocycles. The molecule has 9 nitrogen and oxygen atoms in total. The molecule has 2 aromatic heterocycles. The summed E-state index contributed by atoms with van der Waals surface area (Å²) in [4.78, 5) is 22.3. The molecular formula is C26H30FN7O2S. The third-order valence-electron chi connectivity index (χ3n) is 6.66.